The number of carbonyl (C=O) groups excluding carboxylic acids is 1. The molecule has 0 fully saturated rings. The quantitative estimate of drug-likeness (QED) is 0.668. The lowest BCUT2D eigenvalue weighted by molar-refractivity contribution is -0.137. The summed E-state index contributed by atoms with van der Waals surface area (Å²) >= 11 is 0. The number of nitriles is 1. The summed E-state index contributed by atoms with van der Waals surface area (Å²) in [7, 11) is 0. The van der Waals surface area contributed by atoms with E-state index in [0.29, 0.717) is 16.9 Å². The minimum absolute atomic E-state index is 0.0846. The van der Waals surface area contributed by atoms with E-state index in [4.69, 9.17) is 5.26 Å². The van der Waals surface area contributed by atoms with Gasteiger partial charge in [0, 0.05) is 23.3 Å². The van der Waals surface area contributed by atoms with Crippen molar-refractivity contribution in [1.29, 1.82) is 5.26 Å². The molecule has 0 spiro atoms. The zero-order chi connectivity index (χ0) is 20.1. The standard InChI is InChI=1S/C20H13F3N4O/c21-20(22,23)14-2-1-3-16(10-14)26-17-8-9-25-18(11-17)19(28)27-15-6-4-13(12-24)5-7-15/h1-11H,(H,25,26)(H,27,28). The molecular weight excluding hydrogens is 369 g/mol. The average Bonchev–Trinajstić information content (AvgIpc) is 2.68. The van der Waals surface area contributed by atoms with E-state index >= 15 is 0 Å². The second-order valence-electron chi connectivity index (χ2n) is 5.78. The number of carbonyl (C=O) groups is 1. The molecule has 8 heteroatoms. The summed E-state index contributed by atoms with van der Waals surface area (Å²) in [6.45, 7) is 0. The maximum Gasteiger partial charge on any atom is 0.416 e. The van der Waals surface area contributed by atoms with Gasteiger partial charge in [0.05, 0.1) is 17.2 Å². The number of rotatable bonds is 4. The highest BCUT2D eigenvalue weighted by molar-refractivity contribution is 6.03. The number of pyridine rings is 1. The summed E-state index contributed by atoms with van der Waals surface area (Å²) in [5, 5.41) is 14.3. The first kappa shape index (κ1) is 18.9. The second kappa shape index (κ2) is 7.80. The number of benzene rings is 2. The molecule has 0 saturated carbocycles. The second-order valence-corrected chi connectivity index (χ2v) is 5.78. The van der Waals surface area contributed by atoms with Gasteiger partial charge in [-0.3, -0.25) is 9.78 Å². The number of halogens is 3. The van der Waals surface area contributed by atoms with E-state index in [1.807, 2.05) is 6.07 Å². The van der Waals surface area contributed by atoms with E-state index in [2.05, 4.69) is 15.6 Å². The molecule has 0 radical (unpaired) electrons. The summed E-state index contributed by atoms with van der Waals surface area (Å²) in [4.78, 5) is 16.3. The van der Waals surface area contributed by atoms with Gasteiger partial charge in [-0.2, -0.15) is 18.4 Å². The van der Waals surface area contributed by atoms with Crippen molar-refractivity contribution < 1.29 is 18.0 Å². The molecule has 0 atom stereocenters. The van der Waals surface area contributed by atoms with Crippen molar-refractivity contribution in [2.75, 3.05) is 10.6 Å². The van der Waals surface area contributed by atoms with E-state index in [-0.39, 0.29) is 11.4 Å². The van der Waals surface area contributed by atoms with Crippen LogP contribution in [0, 0.1) is 11.3 Å². The molecule has 3 rings (SSSR count). The molecule has 0 bridgehead atoms. The van der Waals surface area contributed by atoms with Crippen molar-refractivity contribution in [3.05, 3.63) is 83.7 Å². The number of nitrogens with one attached hydrogen (secondary N) is 2. The predicted octanol–water partition coefficient (Wildman–Crippen LogP) is 4.97. The molecule has 1 aromatic heterocycles. The summed E-state index contributed by atoms with van der Waals surface area (Å²) in [6.07, 6.45) is -3.06. The van der Waals surface area contributed by atoms with E-state index in [9.17, 15) is 18.0 Å². The molecule has 0 aliphatic carbocycles. The Balaban J connectivity index is 1.75. The predicted molar refractivity (Wildman–Crippen MR) is 98.1 cm³/mol. The summed E-state index contributed by atoms with van der Waals surface area (Å²) in [5.41, 5.74) is 0.913. The van der Waals surface area contributed by atoms with Crippen LogP contribution in [0.15, 0.2) is 66.9 Å². The molecule has 2 N–H and O–H groups in total. The average molecular weight is 382 g/mol. The lowest BCUT2D eigenvalue weighted by atomic mass is 10.2. The Morgan fingerprint density at radius 1 is 0.964 bits per heavy atom. The van der Waals surface area contributed by atoms with Gasteiger partial charge < -0.3 is 10.6 Å². The normalized spacial score (nSPS) is 10.8. The van der Waals surface area contributed by atoms with Crippen LogP contribution in [0.5, 0.6) is 0 Å². The van der Waals surface area contributed by atoms with Crippen LogP contribution in [0.25, 0.3) is 0 Å². The van der Waals surface area contributed by atoms with Gasteiger partial charge in [0.25, 0.3) is 5.91 Å². The third-order valence-electron chi connectivity index (χ3n) is 3.74. The molecule has 28 heavy (non-hydrogen) atoms. The van der Waals surface area contributed by atoms with Crippen molar-refractivity contribution in [3.8, 4) is 6.07 Å². The number of anilines is 3. The van der Waals surface area contributed by atoms with Gasteiger partial charge in [0.2, 0.25) is 0 Å². The van der Waals surface area contributed by atoms with Crippen molar-refractivity contribution in [2.24, 2.45) is 0 Å². The summed E-state index contributed by atoms with van der Waals surface area (Å²) in [6, 6.07) is 16.0. The van der Waals surface area contributed by atoms with Crippen molar-refractivity contribution in [1.82, 2.24) is 4.98 Å². The summed E-state index contributed by atoms with van der Waals surface area (Å²) < 4.78 is 38.5. The van der Waals surface area contributed by atoms with Gasteiger partial charge in [-0.15, -0.1) is 0 Å². The molecule has 1 amide bonds. The van der Waals surface area contributed by atoms with Gasteiger partial charge in [-0.05, 0) is 54.6 Å². The highest BCUT2D eigenvalue weighted by Crippen LogP contribution is 2.31. The molecule has 3 aromatic rings. The van der Waals surface area contributed by atoms with Crippen LogP contribution in [0.1, 0.15) is 21.6 Å². The lowest BCUT2D eigenvalue weighted by Crippen LogP contribution is -2.13. The van der Waals surface area contributed by atoms with Crippen LogP contribution in [-0.2, 0) is 6.18 Å². The Labute approximate surface area is 158 Å². The maximum absolute atomic E-state index is 12.8. The highest BCUT2D eigenvalue weighted by atomic mass is 19.4. The van der Waals surface area contributed by atoms with Crippen LogP contribution < -0.4 is 10.6 Å². The zero-order valence-corrected chi connectivity index (χ0v) is 14.3. The van der Waals surface area contributed by atoms with Crippen LogP contribution in [0.2, 0.25) is 0 Å². The monoisotopic (exact) mass is 382 g/mol. The zero-order valence-electron chi connectivity index (χ0n) is 14.3. The van der Waals surface area contributed by atoms with Crippen molar-refractivity contribution in [2.45, 2.75) is 6.18 Å². The Hall–Kier alpha value is -3.86. The molecule has 140 valence electrons. The van der Waals surface area contributed by atoms with Crippen LogP contribution in [-0.4, -0.2) is 10.9 Å². The first-order valence-electron chi connectivity index (χ1n) is 8.07. The van der Waals surface area contributed by atoms with Crippen LogP contribution in [0.4, 0.5) is 30.2 Å². The fourth-order valence-corrected chi connectivity index (χ4v) is 2.40. The number of aromatic nitrogens is 1. The molecule has 0 saturated heterocycles. The molecule has 2 aromatic carbocycles. The smallest absolute Gasteiger partial charge is 0.355 e. The van der Waals surface area contributed by atoms with Crippen molar-refractivity contribution >= 4 is 23.0 Å². The Kier molecular flexibility index (Phi) is 5.27. The third-order valence-corrected chi connectivity index (χ3v) is 3.74. The first-order chi connectivity index (χ1) is 13.3. The van der Waals surface area contributed by atoms with Gasteiger partial charge >= 0.3 is 6.18 Å². The van der Waals surface area contributed by atoms with Gasteiger partial charge in [0.15, 0.2) is 0 Å². The Morgan fingerprint density at radius 2 is 1.68 bits per heavy atom. The fraction of sp³-hybridized carbons (Fsp3) is 0.0500. The number of hydrogen-bond donors (Lipinski definition) is 2. The van der Waals surface area contributed by atoms with E-state index < -0.39 is 17.6 Å². The van der Waals surface area contributed by atoms with Gasteiger partial charge in [-0.1, -0.05) is 6.07 Å². The lowest BCUT2D eigenvalue weighted by Gasteiger charge is -2.11. The molecular formula is C20H13F3N4O. The minimum Gasteiger partial charge on any atom is -0.355 e. The molecule has 5 nitrogen and oxygen atoms in total. The SMILES string of the molecule is N#Cc1ccc(NC(=O)c2cc(Nc3cccc(C(F)(F)F)c3)ccn2)cc1. The van der Waals surface area contributed by atoms with Crippen LogP contribution >= 0.6 is 0 Å². The largest absolute Gasteiger partial charge is 0.416 e. The first-order valence-corrected chi connectivity index (χ1v) is 8.07. The summed E-state index contributed by atoms with van der Waals surface area (Å²) in [5.74, 6) is -0.489. The number of alkyl halides is 3. The van der Waals surface area contributed by atoms with E-state index in [1.165, 1.54) is 24.4 Å². The van der Waals surface area contributed by atoms with E-state index in [1.54, 1.807) is 30.3 Å². The topological polar surface area (TPSA) is 77.8 Å². The highest BCUT2D eigenvalue weighted by Gasteiger charge is 2.30. The fourth-order valence-electron chi connectivity index (χ4n) is 2.40. The van der Waals surface area contributed by atoms with Gasteiger partial charge in [-0.25, -0.2) is 0 Å². The third kappa shape index (κ3) is 4.65. The Morgan fingerprint density at radius 3 is 2.36 bits per heavy atom. The minimum atomic E-state index is -4.44. The Bertz CT molecular complexity index is 1040. The van der Waals surface area contributed by atoms with Gasteiger partial charge in [0.1, 0.15) is 5.69 Å². The maximum atomic E-state index is 12.8. The molecule has 0 aliphatic heterocycles. The number of hydrogen-bond acceptors (Lipinski definition) is 4. The molecule has 0 unspecified atom stereocenters. The number of nitrogens with zero attached hydrogens (tertiary/aromatic N) is 2. The van der Waals surface area contributed by atoms with Crippen molar-refractivity contribution in [3.63, 3.8) is 0 Å². The molecule has 0 aliphatic rings. The number of amides is 1. The van der Waals surface area contributed by atoms with Crippen LogP contribution in [0.3, 0.4) is 0 Å². The molecule has 1 heterocycles. The van der Waals surface area contributed by atoms with E-state index in [0.717, 1.165) is 12.1 Å².